The largest absolute Gasteiger partial charge is 0.382 e. The number of imidazole rings is 1. The van der Waals surface area contributed by atoms with Gasteiger partial charge in [0.1, 0.15) is 17.2 Å². The first-order chi connectivity index (χ1) is 15.2. The second-order valence-corrected chi connectivity index (χ2v) is 10.2. The van der Waals surface area contributed by atoms with Gasteiger partial charge < -0.3 is 5.73 Å². The van der Waals surface area contributed by atoms with E-state index in [2.05, 4.69) is 80.5 Å². The van der Waals surface area contributed by atoms with E-state index >= 15 is 0 Å². The van der Waals surface area contributed by atoms with Crippen LogP contribution in [0.5, 0.6) is 0 Å². The summed E-state index contributed by atoms with van der Waals surface area (Å²) in [5.74, 6) is 2.13. The average molecular weight is 519 g/mol. The molecule has 2 aliphatic carbocycles. The van der Waals surface area contributed by atoms with E-state index in [1.807, 2.05) is 12.3 Å². The maximum absolute atomic E-state index is 6.34. The van der Waals surface area contributed by atoms with E-state index in [0.717, 1.165) is 38.7 Å². The number of aliphatic imine (C=N–C) groups is 1. The molecule has 2 aromatic heterocycles. The Morgan fingerprint density at radius 2 is 1.90 bits per heavy atom. The zero-order chi connectivity index (χ0) is 20.9. The molecule has 1 fully saturated rings. The van der Waals surface area contributed by atoms with Gasteiger partial charge in [0.2, 0.25) is 0 Å². The van der Waals surface area contributed by atoms with Gasteiger partial charge in [-0.1, -0.05) is 71.2 Å². The number of anilines is 1. The Labute approximate surface area is 194 Å². The van der Waals surface area contributed by atoms with Crippen molar-refractivity contribution in [2.75, 3.05) is 5.73 Å². The first-order valence-electron chi connectivity index (χ1n) is 10.7. The Hall–Kier alpha value is -2.74. The van der Waals surface area contributed by atoms with Crippen LogP contribution >= 0.6 is 22.6 Å². The van der Waals surface area contributed by atoms with Gasteiger partial charge in [-0.2, -0.15) is 0 Å². The van der Waals surface area contributed by atoms with Gasteiger partial charge in [0, 0.05) is 28.7 Å². The molecule has 1 unspecified atom stereocenters. The van der Waals surface area contributed by atoms with Gasteiger partial charge in [0.15, 0.2) is 0 Å². The van der Waals surface area contributed by atoms with Crippen LogP contribution in [0.15, 0.2) is 77.6 Å². The van der Waals surface area contributed by atoms with Gasteiger partial charge in [-0.3, -0.25) is 9.39 Å². The second-order valence-electron chi connectivity index (χ2n) is 8.41. The second kappa shape index (κ2) is 7.44. The van der Waals surface area contributed by atoms with E-state index in [1.54, 1.807) is 6.20 Å². The molecule has 0 saturated heterocycles. The number of alkyl halides is 1. The lowest BCUT2D eigenvalue weighted by Crippen LogP contribution is -2.23. The van der Waals surface area contributed by atoms with E-state index in [4.69, 9.17) is 15.7 Å². The molecule has 0 radical (unpaired) electrons. The molecule has 1 saturated carbocycles. The van der Waals surface area contributed by atoms with Gasteiger partial charge in [0.25, 0.3) is 0 Å². The number of hydrogen-bond acceptors (Lipinski definition) is 4. The molecule has 154 valence electrons. The lowest BCUT2D eigenvalue weighted by Gasteiger charge is -2.30. The molecule has 0 spiro atoms. The van der Waals surface area contributed by atoms with Gasteiger partial charge in [-0.05, 0) is 35.6 Å². The Balaban J connectivity index is 1.40. The molecule has 0 amide bonds. The maximum Gasteiger partial charge on any atom is 0.150 e. The van der Waals surface area contributed by atoms with Crippen molar-refractivity contribution in [3.63, 3.8) is 0 Å². The highest BCUT2D eigenvalue weighted by molar-refractivity contribution is 14.1. The summed E-state index contributed by atoms with van der Waals surface area (Å²) in [6.45, 7) is 0. The van der Waals surface area contributed by atoms with Crippen LogP contribution in [0.1, 0.15) is 42.3 Å². The Kier molecular flexibility index (Phi) is 4.56. The molecule has 3 aliphatic rings. The van der Waals surface area contributed by atoms with Gasteiger partial charge in [-0.15, -0.1) is 0 Å². The number of benzene rings is 1. The minimum Gasteiger partial charge on any atom is -0.382 e. The molecule has 6 rings (SSSR count). The fraction of sp³-hybridized carbons (Fsp3) is 0.240. The summed E-state index contributed by atoms with van der Waals surface area (Å²) in [4.78, 5) is 14.6. The predicted octanol–water partition coefficient (Wildman–Crippen LogP) is 5.13. The number of nitrogen functional groups attached to an aromatic ring is 1. The predicted molar refractivity (Wildman–Crippen MR) is 134 cm³/mol. The minimum absolute atomic E-state index is 0.0979. The minimum atomic E-state index is 0.0979. The van der Waals surface area contributed by atoms with Crippen molar-refractivity contribution in [2.45, 2.75) is 35.1 Å². The number of nitrogens with two attached hydrogens (primary N) is 1. The third-order valence-electron chi connectivity index (χ3n) is 6.43. The van der Waals surface area contributed by atoms with Crippen LogP contribution in [0.4, 0.5) is 5.82 Å². The molecule has 6 heteroatoms. The van der Waals surface area contributed by atoms with E-state index in [1.165, 1.54) is 24.0 Å². The summed E-state index contributed by atoms with van der Waals surface area (Å²) in [6.07, 6.45) is 15.6. The summed E-state index contributed by atoms with van der Waals surface area (Å²) < 4.78 is 2.89. The van der Waals surface area contributed by atoms with Crippen molar-refractivity contribution in [3.8, 4) is 0 Å². The quantitative estimate of drug-likeness (QED) is 0.385. The summed E-state index contributed by atoms with van der Waals surface area (Å²) in [5.41, 5.74) is 12.8. The van der Waals surface area contributed by atoms with Crippen molar-refractivity contribution in [3.05, 3.63) is 89.7 Å². The number of allylic oxidation sites excluding steroid dienone is 3. The summed E-state index contributed by atoms with van der Waals surface area (Å²) >= 11 is 2.53. The Bertz CT molecular complexity index is 1290. The first-order valence-corrected chi connectivity index (χ1v) is 11.9. The maximum atomic E-state index is 6.34. The molecule has 5 nitrogen and oxygen atoms in total. The lowest BCUT2D eigenvalue weighted by molar-refractivity contribution is 0.428. The SMILES string of the molecule is Nc1nccn2c1c(C1=CC=C3C=CC(c4ccccc4)=NC3C1)nc2[C@H]1C[C@H](I)C1. The van der Waals surface area contributed by atoms with Crippen molar-refractivity contribution in [1.29, 1.82) is 0 Å². The number of fused-ring (bicyclic) bond motifs is 2. The smallest absolute Gasteiger partial charge is 0.150 e. The van der Waals surface area contributed by atoms with Crippen molar-refractivity contribution < 1.29 is 0 Å². The number of aromatic nitrogens is 3. The molecule has 3 heterocycles. The Morgan fingerprint density at radius 3 is 2.71 bits per heavy atom. The van der Waals surface area contributed by atoms with E-state index in [0.29, 0.717) is 11.7 Å². The van der Waals surface area contributed by atoms with Crippen LogP contribution in [-0.4, -0.2) is 30.0 Å². The van der Waals surface area contributed by atoms with E-state index in [9.17, 15) is 0 Å². The van der Waals surface area contributed by atoms with Crippen LogP contribution < -0.4 is 5.73 Å². The van der Waals surface area contributed by atoms with Crippen LogP contribution in [0, 0.1) is 0 Å². The summed E-state index contributed by atoms with van der Waals surface area (Å²) in [7, 11) is 0. The van der Waals surface area contributed by atoms with Gasteiger partial charge >= 0.3 is 0 Å². The molecule has 1 atom stereocenters. The van der Waals surface area contributed by atoms with Crippen LogP contribution in [-0.2, 0) is 0 Å². The molecule has 31 heavy (non-hydrogen) atoms. The lowest BCUT2D eigenvalue weighted by atomic mass is 9.85. The molecular formula is C25H22IN5. The fourth-order valence-corrected chi connectivity index (χ4v) is 5.92. The molecule has 2 N–H and O–H groups in total. The Morgan fingerprint density at radius 1 is 1.06 bits per heavy atom. The number of rotatable bonds is 3. The standard InChI is InChI=1S/C25H22IN5/c26-19-12-18(13-19)25-30-22(23-24(27)28-10-11-31(23)25)17-7-6-16-8-9-20(29-21(16)14-17)15-4-2-1-3-5-15/h1-11,18-19,21H,12-14H2,(H2,27,28)/t18-,19-,21?. The van der Waals surface area contributed by atoms with Gasteiger partial charge in [-0.25, -0.2) is 9.97 Å². The third kappa shape index (κ3) is 3.24. The van der Waals surface area contributed by atoms with Crippen molar-refractivity contribution in [1.82, 2.24) is 14.4 Å². The number of hydrogen-bond donors (Lipinski definition) is 1. The van der Waals surface area contributed by atoms with E-state index in [-0.39, 0.29) is 6.04 Å². The highest BCUT2D eigenvalue weighted by Gasteiger charge is 2.33. The van der Waals surface area contributed by atoms with Gasteiger partial charge in [0.05, 0.1) is 17.4 Å². The molecule has 3 aromatic rings. The summed E-state index contributed by atoms with van der Waals surface area (Å²) in [6, 6.07) is 10.5. The highest BCUT2D eigenvalue weighted by Crippen LogP contribution is 2.43. The molecular weight excluding hydrogens is 497 g/mol. The summed E-state index contributed by atoms with van der Waals surface area (Å²) in [5, 5.41) is 0. The zero-order valence-electron chi connectivity index (χ0n) is 16.9. The number of dihydropyridines is 1. The zero-order valence-corrected chi connectivity index (χ0v) is 19.1. The number of halogens is 1. The molecule has 1 aromatic carbocycles. The topological polar surface area (TPSA) is 68.6 Å². The van der Waals surface area contributed by atoms with Crippen molar-refractivity contribution >= 4 is 45.2 Å². The van der Waals surface area contributed by atoms with Crippen LogP contribution in [0.25, 0.3) is 11.1 Å². The highest BCUT2D eigenvalue weighted by atomic mass is 127. The third-order valence-corrected chi connectivity index (χ3v) is 7.45. The van der Waals surface area contributed by atoms with Crippen LogP contribution in [0.3, 0.4) is 0 Å². The van der Waals surface area contributed by atoms with E-state index < -0.39 is 0 Å². The monoisotopic (exact) mass is 519 g/mol. The van der Waals surface area contributed by atoms with Crippen LogP contribution in [0.2, 0.25) is 0 Å². The fourth-order valence-electron chi connectivity index (χ4n) is 4.69. The normalized spacial score (nSPS) is 24.8. The molecule has 1 aliphatic heterocycles. The number of nitrogens with zero attached hydrogens (tertiary/aromatic N) is 4. The molecule has 0 bridgehead atoms. The average Bonchev–Trinajstić information content (AvgIpc) is 3.17. The first kappa shape index (κ1) is 19.0. The van der Waals surface area contributed by atoms with Crippen molar-refractivity contribution in [2.24, 2.45) is 4.99 Å².